The number of anilines is 1. The van der Waals surface area contributed by atoms with Crippen LogP contribution in [0.1, 0.15) is 57.9 Å². The van der Waals surface area contributed by atoms with Crippen molar-refractivity contribution < 1.29 is 38.3 Å². The molecule has 0 saturated heterocycles. The van der Waals surface area contributed by atoms with Gasteiger partial charge >= 0.3 is 12.1 Å². The van der Waals surface area contributed by atoms with Crippen molar-refractivity contribution in [2.75, 3.05) is 45.6 Å². The van der Waals surface area contributed by atoms with Gasteiger partial charge in [-0.15, -0.1) is 0 Å². The van der Waals surface area contributed by atoms with Crippen molar-refractivity contribution in [1.29, 1.82) is 0 Å². The molecule has 1 aliphatic rings. The molecule has 0 saturated carbocycles. The third kappa shape index (κ3) is 14.3. The lowest BCUT2D eigenvalue weighted by Gasteiger charge is -2.26. The Bertz CT molecular complexity index is 1330. The van der Waals surface area contributed by atoms with Gasteiger partial charge < -0.3 is 42.0 Å². The molecule has 7 N–H and O–H groups in total. The van der Waals surface area contributed by atoms with Crippen LogP contribution in [0.4, 0.5) is 15.3 Å². The molecule has 16 nitrogen and oxygen atoms in total. The highest BCUT2D eigenvalue weighted by Crippen LogP contribution is 2.18. The zero-order valence-electron chi connectivity index (χ0n) is 28.7. The molecule has 49 heavy (non-hydrogen) atoms. The fourth-order valence-electron chi connectivity index (χ4n) is 4.82. The van der Waals surface area contributed by atoms with Crippen molar-refractivity contribution in [2.24, 2.45) is 11.7 Å². The number of nitrogens with zero attached hydrogens (tertiary/aromatic N) is 2. The van der Waals surface area contributed by atoms with Crippen LogP contribution in [-0.2, 0) is 35.3 Å². The summed E-state index contributed by atoms with van der Waals surface area (Å²) < 4.78 is 5.42. The minimum Gasteiger partial charge on any atom is -0.444 e. The fraction of sp³-hybridized carbons (Fsp3) is 0.545. The maximum absolute atomic E-state index is 13.5. The topological polar surface area (TPSA) is 221 Å². The average molecular weight is 687 g/mol. The SMILES string of the molecule is CNCCN(C)C(=O)OCc1ccccc1NC(=O)[C@H](CCCNC(N)=O)NC(=O)C(NC(=O)CCCCCN1C(=O)C=CC1=O)C(C)C. The van der Waals surface area contributed by atoms with E-state index in [0.717, 1.165) is 4.90 Å². The van der Waals surface area contributed by atoms with E-state index in [9.17, 15) is 33.6 Å². The molecule has 0 bridgehead atoms. The van der Waals surface area contributed by atoms with Gasteiger partial charge in [-0.2, -0.15) is 0 Å². The molecule has 8 amide bonds. The highest BCUT2D eigenvalue weighted by Gasteiger charge is 2.29. The Hall–Kier alpha value is -4.99. The second kappa shape index (κ2) is 21.1. The molecule has 0 aliphatic carbocycles. The molecule has 1 aliphatic heterocycles. The number of rotatable bonds is 21. The van der Waals surface area contributed by atoms with Crippen molar-refractivity contribution in [2.45, 2.75) is 71.1 Å². The minimum absolute atomic E-state index is 0.105. The number of benzene rings is 1. The van der Waals surface area contributed by atoms with Crippen molar-refractivity contribution in [3.8, 4) is 0 Å². The number of carbonyl (C=O) groups excluding carboxylic acids is 7. The monoisotopic (exact) mass is 686 g/mol. The van der Waals surface area contributed by atoms with Crippen LogP contribution in [0.3, 0.4) is 0 Å². The number of urea groups is 1. The van der Waals surface area contributed by atoms with Crippen molar-refractivity contribution in [1.82, 2.24) is 31.1 Å². The quantitative estimate of drug-likeness (QED) is 0.0800. The van der Waals surface area contributed by atoms with E-state index in [1.807, 2.05) is 0 Å². The van der Waals surface area contributed by atoms with Crippen molar-refractivity contribution in [3.63, 3.8) is 0 Å². The molecular formula is C33H50N8O8. The van der Waals surface area contributed by atoms with Gasteiger partial charge in [0.25, 0.3) is 11.8 Å². The van der Waals surface area contributed by atoms with Crippen LogP contribution >= 0.6 is 0 Å². The van der Waals surface area contributed by atoms with Crippen LogP contribution < -0.4 is 32.3 Å². The predicted molar refractivity (Wildman–Crippen MR) is 182 cm³/mol. The van der Waals surface area contributed by atoms with Crippen LogP contribution in [0.25, 0.3) is 0 Å². The molecular weight excluding hydrogens is 636 g/mol. The van der Waals surface area contributed by atoms with Crippen LogP contribution in [0.15, 0.2) is 36.4 Å². The molecule has 2 atom stereocenters. The summed E-state index contributed by atoms with van der Waals surface area (Å²) >= 11 is 0. The Balaban J connectivity index is 2.02. The maximum Gasteiger partial charge on any atom is 0.409 e. The van der Waals surface area contributed by atoms with Gasteiger partial charge in [-0.25, -0.2) is 9.59 Å². The standard InChI is InChI=1S/C33H50N8O8/c1-22(2)29(39-26(42)14-6-5-9-19-41-27(43)15-16-28(41)44)31(46)38-25(13-10-17-36-32(34)47)30(45)37-24-12-8-7-11-23(24)21-49-33(48)40(4)20-18-35-3/h7-8,11-12,15-16,22,25,29,35H,5-6,9-10,13-14,17-21H2,1-4H3,(H,37,45)(H,38,46)(H,39,42)(H3,34,36,47)/t25-,29?/m0/s1. The summed E-state index contributed by atoms with van der Waals surface area (Å²) in [5.41, 5.74) is 6.08. The van der Waals surface area contributed by atoms with E-state index >= 15 is 0 Å². The fourth-order valence-corrected chi connectivity index (χ4v) is 4.82. The number of hydrogen-bond acceptors (Lipinski definition) is 9. The van der Waals surface area contributed by atoms with Crippen molar-refractivity contribution in [3.05, 3.63) is 42.0 Å². The number of amides is 8. The van der Waals surface area contributed by atoms with E-state index in [0.29, 0.717) is 50.0 Å². The highest BCUT2D eigenvalue weighted by molar-refractivity contribution is 6.12. The highest BCUT2D eigenvalue weighted by atomic mass is 16.6. The first-order valence-corrected chi connectivity index (χ1v) is 16.4. The first-order chi connectivity index (χ1) is 23.3. The number of carbonyl (C=O) groups is 7. The number of nitrogens with two attached hydrogens (primary N) is 1. The number of unbranched alkanes of at least 4 members (excludes halogenated alkanes) is 2. The molecule has 1 aromatic carbocycles. The largest absolute Gasteiger partial charge is 0.444 e. The third-order valence-electron chi connectivity index (χ3n) is 7.69. The Morgan fingerprint density at radius 2 is 1.61 bits per heavy atom. The summed E-state index contributed by atoms with van der Waals surface area (Å²) in [4.78, 5) is 89.2. The molecule has 0 radical (unpaired) electrons. The number of ether oxygens (including phenoxy) is 1. The molecule has 0 aromatic heterocycles. The lowest BCUT2D eigenvalue weighted by molar-refractivity contribution is -0.137. The summed E-state index contributed by atoms with van der Waals surface area (Å²) in [6, 6.07) is 4.08. The molecule has 1 heterocycles. The Kier molecular flexibility index (Phi) is 17.3. The van der Waals surface area contributed by atoms with E-state index in [2.05, 4.69) is 26.6 Å². The molecule has 1 unspecified atom stereocenters. The van der Waals surface area contributed by atoms with Crippen LogP contribution in [0, 0.1) is 5.92 Å². The number of likely N-dealkylation sites (N-methyl/N-ethyl adjacent to an activating group) is 2. The lowest BCUT2D eigenvalue weighted by Crippen LogP contribution is -2.54. The Morgan fingerprint density at radius 3 is 2.27 bits per heavy atom. The molecule has 270 valence electrons. The van der Waals surface area contributed by atoms with Gasteiger partial charge in [0.05, 0.1) is 0 Å². The second-order valence-electron chi connectivity index (χ2n) is 12.0. The molecule has 16 heteroatoms. The van der Waals surface area contributed by atoms with Crippen LogP contribution in [-0.4, -0.2) is 104 Å². The third-order valence-corrected chi connectivity index (χ3v) is 7.69. The molecule has 0 fully saturated rings. The predicted octanol–water partition coefficient (Wildman–Crippen LogP) is 0.972. The number of para-hydroxylation sites is 1. The van der Waals surface area contributed by atoms with E-state index in [1.54, 1.807) is 52.2 Å². The summed E-state index contributed by atoms with van der Waals surface area (Å²) in [6.07, 6.45) is 4.13. The van der Waals surface area contributed by atoms with Crippen LogP contribution in [0.2, 0.25) is 0 Å². The van der Waals surface area contributed by atoms with E-state index in [-0.39, 0.29) is 56.2 Å². The number of nitrogens with one attached hydrogen (secondary N) is 5. The molecule has 2 rings (SSSR count). The van der Waals surface area contributed by atoms with E-state index < -0.39 is 36.0 Å². The van der Waals surface area contributed by atoms with Gasteiger partial charge in [-0.1, -0.05) is 38.5 Å². The summed E-state index contributed by atoms with van der Waals surface area (Å²) in [6.45, 7) is 4.90. The first-order valence-electron chi connectivity index (χ1n) is 16.4. The first kappa shape index (κ1) is 40.2. The molecule has 0 spiro atoms. The van der Waals surface area contributed by atoms with Gasteiger partial charge in [0.15, 0.2) is 0 Å². The van der Waals surface area contributed by atoms with Crippen molar-refractivity contribution >= 4 is 47.3 Å². The summed E-state index contributed by atoms with van der Waals surface area (Å²) in [5, 5.41) is 13.7. The van der Waals surface area contributed by atoms with Gasteiger partial charge in [-0.05, 0) is 44.7 Å². The van der Waals surface area contributed by atoms with E-state index in [4.69, 9.17) is 10.5 Å². The second-order valence-corrected chi connectivity index (χ2v) is 12.0. The van der Waals surface area contributed by atoms with Gasteiger partial charge in [0, 0.05) is 63.1 Å². The Labute approximate surface area is 286 Å². The number of hydrogen-bond donors (Lipinski definition) is 6. The Morgan fingerprint density at radius 1 is 0.918 bits per heavy atom. The minimum atomic E-state index is -1.05. The molecule has 1 aromatic rings. The number of primary amides is 1. The maximum atomic E-state index is 13.5. The van der Waals surface area contributed by atoms with Crippen LogP contribution in [0.5, 0.6) is 0 Å². The summed E-state index contributed by atoms with van der Waals surface area (Å²) in [7, 11) is 3.39. The zero-order valence-corrected chi connectivity index (χ0v) is 28.7. The van der Waals surface area contributed by atoms with Gasteiger partial charge in [0.1, 0.15) is 18.7 Å². The van der Waals surface area contributed by atoms with Gasteiger partial charge in [0.2, 0.25) is 17.7 Å². The zero-order chi connectivity index (χ0) is 36.3. The van der Waals surface area contributed by atoms with E-state index in [1.165, 1.54) is 17.1 Å². The van der Waals surface area contributed by atoms with Gasteiger partial charge in [-0.3, -0.25) is 28.9 Å². The smallest absolute Gasteiger partial charge is 0.409 e. The lowest BCUT2D eigenvalue weighted by atomic mass is 10.0. The normalized spacial score (nSPS) is 13.5. The summed E-state index contributed by atoms with van der Waals surface area (Å²) in [5.74, 6) is -2.47. The average Bonchev–Trinajstić information content (AvgIpc) is 3.38. The number of imide groups is 1.